The van der Waals surface area contributed by atoms with Crippen molar-refractivity contribution in [2.45, 2.75) is 58.5 Å². The van der Waals surface area contributed by atoms with E-state index in [-0.39, 0.29) is 18.2 Å². The number of amides is 1. The van der Waals surface area contributed by atoms with Crippen LogP contribution in [0.4, 0.5) is 0 Å². The van der Waals surface area contributed by atoms with Gasteiger partial charge in [-0.1, -0.05) is 51.0 Å². The Hall–Kier alpha value is -1.88. The number of carbonyl (C=O) groups is 2. The predicted molar refractivity (Wildman–Crippen MR) is 90.9 cm³/mol. The monoisotopic (exact) mass is 320 g/mol. The lowest BCUT2D eigenvalue weighted by Gasteiger charge is -2.15. The standard InChI is InChI=1S/C18H28N2O3/c1-3-6-15(7-4-2)17(21)20-12-14-9-5-8-13(10-14)11-16(19)18(22)23/h5,8-10,15-16H,3-4,6-7,11-12,19H2,1-2H3,(H,20,21)(H,22,23)/t16-/m0/s1. The Morgan fingerprint density at radius 2 is 1.78 bits per heavy atom. The summed E-state index contributed by atoms with van der Waals surface area (Å²) in [4.78, 5) is 23.1. The molecule has 4 N–H and O–H groups in total. The summed E-state index contributed by atoms with van der Waals surface area (Å²) in [6.07, 6.45) is 4.10. The molecule has 0 aliphatic rings. The fraction of sp³-hybridized carbons (Fsp3) is 0.556. The second-order valence-corrected chi connectivity index (χ2v) is 5.96. The van der Waals surface area contributed by atoms with E-state index in [2.05, 4.69) is 19.2 Å². The molecule has 128 valence electrons. The van der Waals surface area contributed by atoms with Crippen LogP contribution in [0.25, 0.3) is 0 Å². The Labute approximate surface area is 138 Å². The Morgan fingerprint density at radius 1 is 1.17 bits per heavy atom. The Bertz CT molecular complexity index is 511. The third-order valence-electron chi connectivity index (χ3n) is 3.88. The van der Waals surface area contributed by atoms with Crippen LogP contribution in [0.2, 0.25) is 0 Å². The van der Waals surface area contributed by atoms with Gasteiger partial charge in [0.15, 0.2) is 0 Å². The molecule has 0 saturated carbocycles. The average Bonchev–Trinajstić information content (AvgIpc) is 2.52. The summed E-state index contributed by atoms with van der Waals surface area (Å²) >= 11 is 0. The van der Waals surface area contributed by atoms with Crippen molar-refractivity contribution >= 4 is 11.9 Å². The van der Waals surface area contributed by atoms with Crippen LogP contribution in [-0.4, -0.2) is 23.0 Å². The molecule has 0 aromatic heterocycles. The Morgan fingerprint density at radius 3 is 2.35 bits per heavy atom. The summed E-state index contributed by atoms with van der Waals surface area (Å²) in [7, 11) is 0. The normalized spacial score (nSPS) is 12.2. The van der Waals surface area contributed by atoms with Crippen LogP contribution in [0.15, 0.2) is 24.3 Å². The van der Waals surface area contributed by atoms with E-state index in [1.54, 1.807) is 0 Å². The molecule has 0 aliphatic heterocycles. The first-order chi connectivity index (χ1) is 11.0. The molecule has 23 heavy (non-hydrogen) atoms. The third kappa shape index (κ3) is 6.82. The highest BCUT2D eigenvalue weighted by Gasteiger charge is 2.16. The molecule has 0 aliphatic carbocycles. The zero-order chi connectivity index (χ0) is 17.2. The molecular weight excluding hydrogens is 292 g/mol. The molecule has 1 aromatic rings. The topological polar surface area (TPSA) is 92.4 Å². The minimum atomic E-state index is -1.01. The van der Waals surface area contributed by atoms with Crippen LogP contribution in [0, 0.1) is 5.92 Å². The van der Waals surface area contributed by atoms with Gasteiger partial charge in [-0.15, -0.1) is 0 Å². The largest absolute Gasteiger partial charge is 0.480 e. The van der Waals surface area contributed by atoms with Gasteiger partial charge in [0.25, 0.3) is 0 Å². The summed E-state index contributed by atoms with van der Waals surface area (Å²) in [6, 6.07) is 6.63. The van der Waals surface area contributed by atoms with E-state index in [0.717, 1.165) is 36.8 Å². The van der Waals surface area contributed by atoms with Gasteiger partial charge in [0.1, 0.15) is 6.04 Å². The van der Waals surface area contributed by atoms with Crippen LogP contribution >= 0.6 is 0 Å². The first kappa shape index (κ1) is 19.2. The number of aliphatic carboxylic acids is 1. The highest BCUT2D eigenvalue weighted by atomic mass is 16.4. The van der Waals surface area contributed by atoms with E-state index >= 15 is 0 Å². The van der Waals surface area contributed by atoms with Crippen LogP contribution in [-0.2, 0) is 22.6 Å². The lowest BCUT2D eigenvalue weighted by Crippen LogP contribution is -2.32. The number of benzene rings is 1. The quantitative estimate of drug-likeness (QED) is 0.617. The molecule has 1 rings (SSSR count). The fourth-order valence-corrected chi connectivity index (χ4v) is 2.64. The second kappa shape index (κ2) is 10.0. The molecule has 0 heterocycles. The number of hydrogen-bond donors (Lipinski definition) is 3. The van der Waals surface area contributed by atoms with Crippen molar-refractivity contribution in [2.75, 3.05) is 0 Å². The maximum absolute atomic E-state index is 12.2. The molecular formula is C18H28N2O3. The summed E-state index contributed by atoms with van der Waals surface area (Å²) in [5.41, 5.74) is 7.38. The van der Waals surface area contributed by atoms with E-state index in [1.165, 1.54) is 0 Å². The van der Waals surface area contributed by atoms with Crippen molar-refractivity contribution in [3.05, 3.63) is 35.4 Å². The van der Waals surface area contributed by atoms with Gasteiger partial charge in [-0.3, -0.25) is 9.59 Å². The molecule has 0 bridgehead atoms. The highest BCUT2D eigenvalue weighted by molar-refractivity contribution is 5.78. The van der Waals surface area contributed by atoms with E-state index in [4.69, 9.17) is 10.8 Å². The van der Waals surface area contributed by atoms with Crippen molar-refractivity contribution in [1.29, 1.82) is 0 Å². The fourth-order valence-electron chi connectivity index (χ4n) is 2.64. The molecule has 0 fully saturated rings. The molecule has 0 spiro atoms. The van der Waals surface area contributed by atoms with Gasteiger partial charge in [0, 0.05) is 12.5 Å². The SMILES string of the molecule is CCCC(CCC)C(=O)NCc1cccc(C[C@H](N)C(=O)O)c1. The summed E-state index contributed by atoms with van der Waals surface area (Å²) in [5.74, 6) is -0.833. The average molecular weight is 320 g/mol. The highest BCUT2D eigenvalue weighted by Crippen LogP contribution is 2.14. The zero-order valence-corrected chi connectivity index (χ0v) is 14.0. The van der Waals surface area contributed by atoms with Crippen LogP contribution in [0.3, 0.4) is 0 Å². The van der Waals surface area contributed by atoms with E-state index in [9.17, 15) is 9.59 Å². The van der Waals surface area contributed by atoms with Crippen LogP contribution in [0.1, 0.15) is 50.7 Å². The van der Waals surface area contributed by atoms with Gasteiger partial charge in [0.05, 0.1) is 0 Å². The maximum atomic E-state index is 12.2. The van der Waals surface area contributed by atoms with E-state index < -0.39 is 12.0 Å². The lowest BCUT2D eigenvalue weighted by atomic mass is 9.97. The summed E-state index contributed by atoms with van der Waals surface area (Å²) in [6.45, 7) is 4.63. The molecule has 1 aromatic carbocycles. The van der Waals surface area contributed by atoms with Gasteiger partial charge in [-0.2, -0.15) is 0 Å². The molecule has 0 saturated heterocycles. The van der Waals surface area contributed by atoms with Gasteiger partial charge >= 0.3 is 5.97 Å². The number of carboxylic acids is 1. The zero-order valence-electron chi connectivity index (χ0n) is 14.0. The van der Waals surface area contributed by atoms with Crippen molar-refractivity contribution < 1.29 is 14.7 Å². The number of nitrogens with two attached hydrogens (primary N) is 1. The predicted octanol–water partition coefficient (Wildman–Crippen LogP) is 2.47. The third-order valence-corrected chi connectivity index (χ3v) is 3.88. The summed E-state index contributed by atoms with van der Waals surface area (Å²) < 4.78 is 0. The first-order valence-electron chi connectivity index (χ1n) is 8.31. The summed E-state index contributed by atoms with van der Waals surface area (Å²) in [5, 5.41) is 11.9. The molecule has 5 nitrogen and oxygen atoms in total. The number of nitrogens with one attached hydrogen (secondary N) is 1. The maximum Gasteiger partial charge on any atom is 0.320 e. The molecule has 1 amide bonds. The van der Waals surface area contributed by atoms with E-state index in [0.29, 0.717) is 6.54 Å². The van der Waals surface area contributed by atoms with Crippen molar-refractivity contribution in [1.82, 2.24) is 5.32 Å². The second-order valence-electron chi connectivity index (χ2n) is 5.96. The lowest BCUT2D eigenvalue weighted by molar-refractivity contribution is -0.138. The van der Waals surface area contributed by atoms with Gasteiger partial charge in [-0.05, 0) is 30.4 Å². The van der Waals surface area contributed by atoms with Gasteiger partial charge in [-0.25, -0.2) is 0 Å². The van der Waals surface area contributed by atoms with Gasteiger partial charge < -0.3 is 16.2 Å². The number of carbonyl (C=O) groups excluding carboxylic acids is 1. The number of hydrogen-bond acceptors (Lipinski definition) is 3. The minimum absolute atomic E-state index is 0.0774. The molecule has 0 radical (unpaired) electrons. The van der Waals surface area contributed by atoms with Gasteiger partial charge in [0.2, 0.25) is 5.91 Å². The molecule has 0 unspecified atom stereocenters. The first-order valence-corrected chi connectivity index (χ1v) is 8.31. The minimum Gasteiger partial charge on any atom is -0.480 e. The Kier molecular flexibility index (Phi) is 8.33. The van der Waals surface area contributed by atoms with Crippen LogP contribution < -0.4 is 11.1 Å². The molecule has 5 heteroatoms. The molecule has 1 atom stereocenters. The van der Waals surface area contributed by atoms with Crippen LogP contribution in [0.5, 0.6) is 0 Å². The van der Waals surface area contributed by atoms with Crippen molar-refractivity contribution in [3.63, 3.8) is 0 Å². The number of rotatable bonds is 10. The van der Waals surface area contributed by atoms with E-state index in [1.807, 2.05) is 24.3 Å². The van der Waals surface area contributed by atoms with Crippen molar-refractivity contribution in [2.24, 2.45) is 11.7 Å². The Balaban J connectivity index is 2.60. The number of carboxylic acid groups (broad SMARTS) is 1. The van der Waals surface area contributed by atoms with Crippen molar-refractivity contribution in [3.8, 4) is 0 Å². The smallest absolute Gasteiger partial charge is 0.320 e.